The van der Waals surface area contributed by atoms with E-state index in [1.54, 1.807) is 6.92 Å². The van der Waals surface area contributed by atoms with Crippen molar-refractivity contribution < 1.29 is 23.8 Å². The number of thiol groups is 1. The Balaban J connectivity index is 1.74. The predicted molar refractivity (Wildman–Crippen MR) is 95.7 cm³/mol. The zero-order valence-corrected chi connectivity index (χ0v) is 15.5. The second-order valence-electron chi connectivity index (χ2n) is 5.98. The Hall–Kier alpha value is -0.470. The second kappa shape index (κ2) is 13.8. The SMILES string of the molecule is CC(=O)[C@H](CS)NCCCOCCOCCOCCC(=O)C1CC1. The van der Waals surface area contributed by atoms with Gasteiger partial charge in [0.15, 0.2) is 0 Å². The Labute approximate surface area is 150 Å². The highest BCUT2D eigenvalue weighted by Crippen LogP contribution is 2.30. The highest BCUT2D eigenvalue weighted by molar-refractivity contribution is 7.80. The molecule has 0 unspecified atom stereocenters. The van der Waals surface area contributed by atoms with Crippen LogP contribution in [-0.2, 0) is 23.8 Å². The largest absolute Gasteiger partial charge is 0.379 e. The van der Waals surface area contributed by atoms with Gasteiger partial charge >= 0.3 is 0 Å². The van der Waals surface area contributed by atoms with Crippen LogP contribution in [-0.4, -0.2) is 69.5 Å². The number of carbonyl (C=O) groups excluding carboxylic acids is 2. The van der Waals surface area contributed by atoms with Crippen LogP contribution in [0, 0.1) is 5.92 Å². The first kappa shape index (κ1) is 21.6. The average Bonchev–Trinajstić information content (AvgIpc) is 3.39. The number of rotatable bonds is 17. The number of nitrogens with one attached hydrogen (secondary N) is 1. The van der Waals surface area contributed by atoms with Crippen molar-refractivity contribution in [2.24, 2.45) is 5.92 Å². The van der Waals surface area contributed by atoms with Gasteiger partial charge in [-0.1, -0.05) is 0 Å². The molecule has 0 aromatic carbocycles. The molecule has 0 spiro atoms. The number of ether oxygens (including phenoxy) is 3. The molecule has 7 heteroatoms. The Morgan fingerprint density at radius 3 is 2.17 bits per heavy atom. The lowest BCUT2D eigenvalue weighted by Gasteiger charge is -2.13. The van der Waals surface area contributed by atoms with Crippen LogP contribution in [0.5, 0.6) is 0 Å². The van der Waals surface area contributed by atoms with Gasteiger partial charge in [-0.25, -0.2) is 0 Å². The molecule has 1 atom stereocenters. The lowest BCUT2D eigenvalue weighted by molar-refractivity contribution is -0.121. The molecule has 0 radical (unpaired) electrons. The summed E-state index contributed by atoms with van der Waals surface area (Å²) in [6.45, 7) is 5.54. The minimum Gasteiger partial charge on any atom is -0.379 e. The van der Waals surface area contributed by atoms with Crippen LogP contribution in [0.15, 0.2) is 0 Å². The zero-order chi connectivity index (χ0) is 17.6. The van der Waals surface area contributed by atoms with Crippen LogP contribution < -0.4 is 5.32 Å². The van der Waals surface area contributed by atoms with E-state index < -0.39 is 0 Å². The summed E-state index contributed by atoms with van der Waals surface area (Å²) in [7, 11) is 0. The summed E-state index contributed by atoms with van der Waals surface area (Å²) < 4.78 is 16.2. The third-order valence-electron chi connectivity index (χ3n) is 3.80. The van der Waals surface area contributed by atoms with Gasteiger partial charge in [0.05, 0.1) is 39.1 Å². The maximum Gasteiger partial charge on any atom is 0.147 e. The van der Waals surface area contributed by atoms with E-state index in [0.29, 0.717) is 63.5 Å². The summed E-state index contributed by atoms with van der Waals surface area (Å²) in [4.78, 5) is 22.6. The van der Waals surface area contributed by atoms with Gasteiger partial charge in [-0.3, -0.25) is 9.59 Å². The molecule has 24 heavy (non-hydrogen) atoms. The summed E-state index contributed by atoms with van der Waals surface area (Å²) in [5, 5.41) is 3.14. The minimum absolute atomic E-state index is 0.110. The van der Waals surface area contributed by atoms with Crippen molar-refractivity contribution in [3.8, 4) is 0 Å². The van der Waals surface area contributed by atoms with Crippen molar-refractivity contribution in [2.75, 3.05) is 51.9 Å². The van der Waals surface area contributed by atoms with Crippen molar-refractivity contribution in [1.82, 2.24) is 5.32 Å². The first-order chi connectivity index (χ1) is 11.6. The van der Waals surface area contributed by atoms with E-state index in [-0.39, 0.29) is 11.8 Å². The number of carbonyl (C=O) groups is 2. The van der Waals surface area contributed by atoms with Crippen LogP contribution in [0.4, 0.5) is 0 Å². The number of ketones is 2. The molecule has 0 bridgehead atoms. The average molecular weight is 362 g/mol. The monoisotopic (exact) mass is 361 g/mol. The standard InChI is InChI=1S/C17H31NO5S/c1-14(19)16(13-24)18-6-2-7-21-9-11-23-12-10-22-8-5-17(20)15-3-4-15/h15-16,18,24H,2-13H2,1H3/t16-/m0/s1. The van der Waals surface area contributed by atoms with Gasteiger partial charge in [0, 0.05) is 24.7 Å². The van der Waals surface area contributed by atoms with Gasteiger partial charge in [0.25, 0.3) is 0 Å². The Kier molecular flexibility index (Phi) is 12.4. The molecule has 140 valence electrons. The smallest absolute Gasteiger partial charge is 0.147 e. The van der Waals surface area contributed by atoms with E-state index in [9.17, 15) is 9.59 Å². The number of hydrogen-bond acceptors (Lipinski definition) is 7. The van der Waals surface area contributed by atoms with E-state index in [4.69, 9.17) is 14.2 Å². The van der Waals surface area contributed by atoms with E-state index in [1.807, 2.05) is 0 Å². The fraction of sp³-hybridized carbons (Fsp3) is 0.882. The zero-order valence-electron chi connectivity index (χ0n) is 14.6. The van der Waals surface area contributed by atoms with Gasteiger partial charge < -0.3 is 19.5 Å². The number of Topliss-reactive ketones (excluding diaryl/α,β-unsaturated/α-hetero) is 2. The Morgan fingerprint density at radius 2 is 1.62 bits per heavy atom. The maximum absolute atomic E-state index is 11.4. The summed E-state index contributed by atoms with van der Waals surface area (Å²) in [6.07, 6.45) is 3.49. The van der Waals surface area contributed by atoms with Crippen LogP contribution in [0.2, 0.25) is 0 Å². The van der Waals surface area contributed by atoms with Crippen molar-refractivity contribution in [3.63, 3.8) is 0 Å². The molecule has 0 amide bonds. The molecule has 1 fully saturated rings. The molecule has 1 saturated carbocycles. The molecule has 0 aromatic heterocycles. The second-order valence-corrected chi connectivity index (χ2v) is 6.35. The first-order valence-electron chi connectivity index (χ1n) is 8.75. The molecule has 0 heterocycles. The predicted octanol–water partition coefficient (Wildman–Crippen LogP) is 1.27. The summed E-state index contributed by atoms with van der Waals surface area (Å²) in [5.41, 5.74) is 0. The Morgan fingerprint density at radius 1 is 1.04 bits per heavy atom. The van der Waals surface area contributed by atoms with Crippen molar-refractivity contribution >= 4 is 24.2 Å². The molecule has 1 aliphatic carbocycles. The van der Waals surface area contributed by atoms with Crippen LogP contribution >= 0.6 is 12.6 Å². The lowest BCUT2D eigenvalue weighted by Crippen LogP contribution is -2.37. The van der Waals surface area contributed by atoms with Gasteiger partial charge in [-0.2, -0.15) is 12.6 Å². The molecular formula is C17H31NO5S. The molecule has 0 aromatic rings. The fourth-order valence-electron chi connectivity index (χ4n) is 2.11. The van der Waals surface area contributed by atoms with Crippen LogP contribution in [0.3, 0.4) is 0 Å². The van der Waals surface area contributed by atoms with Gasteiger partial charge in [0.1, 0.15) is 11.6 Å². The molecule has 1 rings (SSSR count). The molecule has 0 aliphatic heterocycles. The summed E-state index contributed by atoms with van der Waals surface area (Å²) >= 11 is 4.13. The van der Waals surface area contributed by atoms with E-state index in [2.05, 4.69) is 17.9 Å². The molecule has 0 saturated heterocycles. The molecule has 1 aliphatic rings. The highest BCUT2D eigenvalue weighted by Gasteiger charge is 2.28. The van der Waals surface area contributed by atoms with E-state index in [0.717, 1.165) is 25.8 Å². The fourth-order valence-corrected chi connectivity index (χ4v) is 2.50. The van der Waals surface area contributed by atoms with E-state index >= 15 is 0 Å². The normalized spacial score (nSPS) is 15.4. The third kappa shape index (κ3) is 11.1. The minimum atomic E-state index is -0.170. The quantitative estimate of drug-likeness (QED) is 0.300. The van der Waals surface area contributed by atoms with Gasteiger partial charge in [-0.05, 0) is 32.7 Å². The lowest BCUT2D eigenvalue weighted by atomic mass is 10.2. The highest BCUT2D eigenvalue weighted by atomic mass is 32.1. The molecular weight excluding hydrogens is 330 g/mol. The third-order valence-corrected chi connectivity index (χ3v) is 4.16. The summed E-state index contributed by atoms with van der Waals surface area (Å²) in [6, 6.07) is -0.170. The van der Waals surface area contributed by atoms with Crippen molar-refractivity contribution in [2.45, 2.75) is 38.6 Å². The maximum atomic E-state index is 11.4. The molecule has 6 nitrogen and oxygen atoms in total. The topological polar surface area (TPSA) is 73.9 Å². The van der Waals surface area contributed by atoms with Crippen LogP contribution in [0.1, 0.15) is 32.6 Å². The number of hydrogen-bond donors (Lipinski definition) is 2. The van der Waals surface area contributed by atoms with E-state index in [1.165, 1.54) is 0 Å². The molecule has 1 N–H and O–H groups in total. The van der Waals surface area contributed by atoms with Crippen LogP contribution in [0.25, 0.3) is 0 Å². The van der Waals surface area contributed by atoms with Crippen molar-refractivity contribution in [3.05, 3.63) is 0 Å². The first-order valence-corrected chi connectivity index (χ1v) is 9.39. The van der Waals surface area contributed by atoms with Crippen molar-refractivity contribution in [1.29, 1.82) is 0 Å². The van der Waals surface area contributed by atoms with Gasteiger partial charge in [0.2, 0.25) is 0 Å². The summed E-state index contributed by atoms with van der Waals surface area (Å²) in [5.74, 6) is 1.28. The van der Waals surface area contributed by atoms with Gasteiger partial charge in [-0.15, -0.1) is 0 Å². The Bertz CT molecular complexity index is 363.